The van der Waals surface area contributed by atoms with Crippen LogP contribution in [0.4, 0.5) is 0 Å². The van der Waals surface area contributed by atoms with Crippen LogP contribution in [-0.4, -0.2) is 32.2 Å². The Kier molecular flexibility index (Phi) is 3.88. The molecule has 0 saturated carbocycles. The van der Waals surface area contributed by atoms with Crippen molar-refractivity contribution in [2.75, 3.05) is 6.54 Å². The van der Waals surface area contributed by atoms with E-state index in [-0.39, 0.29) is 5.91 Å². The van der Waals surface area contributed by atoms with Crippen LogP contribution in [0, 0.1) is 0 Å². The van der Waals surface area contributed by atoms with Crippen molar-refractivity contribution in [3.05, 3.63) is 41.2 Å². The minimum atomic E-state index is -0.224. The third-order valence-corrected chi connectivity index (χ3v) is 2.60. The molecule has 0 saturated heterocycles. The summed E-state index contributed by atoms with van der Waals surface area (Å²) in [5, 5.41) is 7.21. The molecule has 2 rings (SSSR count). The molecule has 0 radical (unpaired) electrons. The van der Waals surface area contributed by atoms with Gasteiger partial charge < -0.3 is 5.32 Å². The number of aryl methyl sites for hydroxylation is 1. The zero-order chi connectivity index (χ0) is 13.0. The van der Waals surface area contributed by atoms with Crippen molar-refractivity contribution in [2.45, 2.75) is 6.42 Å². The van der Waals surface area contributed by atoms with E-state index in [4.69, 9.17) is 11.6 Å². The van der Waals surface area contributed by atoms with Gasteiger partial charge in [0.25, 0.3) is 5.91 Å². The van der Waals surface area contributed by atoms with E-state index in [0.29, 0.717) is 29.4 Å². The molecule has 0 fully saturated rings. The van der Waals surface area contributed by atoms with E-state index in [1.165, 1.54) is 12.4 Å². The van der Waals surface area contributed by atoms with Gasteiger partial charge in [0.05, 0.1) is 10.6 Å². The van der Waals surface area contributed by atoms with E-state index in [9.17, 15) is 4.79 Å². The van der Waals surface area contributed by atoms with Crippen molar-refractivity contribution >= 4 is 17.5 Å². The summed E-state index contributed by atoms with van der Waals surface area (Å²) in [6.07, 6.45) is 5.17. The number of hydrogen-bond acceptors (Lipinski definition) is 4. The topological polar surface area (TPSA) is 72.7 Å². The number of hydrogen-bond donors (Lipinski definition) is 1. The molecule has 2 aromatic rings. The van der Waals surface area contributed by atoms with Crippen molar-refractivity contribution in [1.82, 2.24) is 25.1 Å². The van der Waals surface area contributed by atoms with Crippen LogP contribution in [-0.2, 0) is 13.5 Å². The van der Waals surface area contributed by atoms with Crippen molar-refractivity contribution in [3.63, 3.8) is 0 Å². The molecule has 1 N–H and O–H groups in total. The second kappa shape index (κ2) is 5.59. The minimum absolute atomic E-state index is 0.224. The first-order valence-corrected chi connectivity index (χ1v) is 5.77. The van der Waals surface area contributed by atoms with E-state index < -0.39 is 0 Å². The third-order valence-electron chi connectivity index (χ3n) is 2.30. The van der Waals surface area contributed by atoms with Crippen LogP contribution < -0.4 is 5.32 Å². The Morgan fingerprint density at radius 2 is 2.39 bits per heavy atom. The minimum Gasteiger partial charge on any atom is -0.352 e. The lowest BCUT2D eigenvalue weighted by molar-refractivity contribution is 0.0954. The van der Waals surface area contributed by atoms with Crippen LogP contribution in [0.25, 0.3) is 0 Å². The average molecular weight is 266 g/mol. The highest BCUT2D eigenvalue weighted by atomic mass is 35.5. The highest BCUT2D eigenvalue weighted by molar-refractivity contribution is 6.33. The SMILES string of the molecule is Cn1cnc(CCNC(=O)c2ccncc2Cl)n1. The van der Waals surface area contributed by atoms with E-state index >= 15 is 0 Å². The summed E-state index contributed by atoms with van der Waals surface area (Å²) >= 11 is 5.87. The van der Waals surface area contributed by atoms with E-state index in [1.54, 1.807) is 24.1 Å². The van der Waals surface area contributed by atoms with Crippen LogP contribution in [0.15, 0.2) is 24.8 Å². The molecule has 0 aliphatic carbocycles. The first-order valence-electron chi connectivity index (χ1n) is 5.39. The fourth-order valence-corrected chi connectivity index (χ4v) is 1.65. The molecule has 6 nitrogen and oxygen atoms in total. The predicted molar refractivity (Wildman–Crippen MR) is 66.3 cm³/mol. The normalized spacial score (nSPS) is 10.3. The molecule has 18 heavy (non-hydrogen) atoms. The van der Waals surface area contributed by atoms with Crippen LogP contribution in [0.3, 0.4) is 0 Å². The highest BCUT2D eigenvalue weighted by Gasteiger charge is 2.09. The number of nitrogens with zero attached hydrogens (tertiary/aromatic N) is 4. The summed E-state index contributed by atoms with van der Waals surface area (Å²) in [6.45, 7) is 0.460. The molecule has 0 spiro atoms. The van der Waals surface area contributed by atoms with Gasteiger partial charge in [-0.25, -0.2) is 4.98 Å². The van der Waals surface area contributed by atoms with Crippen LogP contribution in [0.2, 0.25) is 5.02 Å². The Bertz CT molecular complexity index is 554. The van der Waals surface area contributed by atoms with Gasteiger partial charge >= 0.3 is 0 Å². The van der Waals surface area contributed by atoms with E-state index in [2.05, 4.69) is 20.4 Å². The molecule has 0 aliphatic rings. The van der Waals surface area contributed by atoms with Gasteiger partial charge in [-0.05, 0) is 6.07 Å². The summed E-state index contributed by atoms with van der Waals surface area (Å²) in [7, 11) is 1.80. The number of carbonyl (C=O) groups is 1. The summed E-state index contributed by atoms with van der Waals surface area (Å²) in [6, 6.07) is 1.58. The summed E-state index contributed by atoms with van der Waals surface area (Å²) in [5.74, 6) is 0.469. The maximum Gasteiger partial charge on any atom is 0.252 e. The zero-order valence-corrected chi connectivity index (χ0v) is 10.6. The molecular weight excluding hydrogens is 254 g/mol. The number of halogens is 1. The monoisotopic (exact) mass is 265 g/mol. The van der Waals surface area contributed by atoms with Crippen molar-refractivity contribution in [3.8, 4) is 0 Å². The smallest absolute Gasteiger partial charge is 0.252 e. The van der Waals surface area contributed by atoms with Gasteiger partial charge in [-0.3, -0.25) is 14.5 Å². The predicted octanol–water partition coefficient (Wildman–Crippen LogP) is 0.836. The zero-order valence-electron chi connectivity index (χ0n) is 9.80. The van der Waals surface area contributed by atoms with Crippen LogP contribution >= 0.6 is 11.6 Å². The summed E-state index contributed by atoms with van der Waals surface area (Å²) in [4.78, 5) is 19.7. The molecule has 0 bridgehead atoms. The van der Waals surface area contributed by atoms with E-state index in [0.717, 1.165) is 0 Å². The largest absolute Gasteiger partial charge is 0.352 e. The maximum absolute atomic E-state index is 11.8. The highest BCUT2D eigenvalue weighted by Crippen LogP contribution is 2.12. The van der Waals surface area contributed by atoms with Crippen LogP contribution in [0.1, 0.15) is 16.2 Å². The molecule has 1 amide bonds. The molecule has 0 atom stereocenters. The van der Waals surface area contributed by atoms with Gasteiger partial charge in [0, 0.05) is 32.4 Å². The second-order valence-corrected chi connectivity index (χ2v) is 4.10. The van der Waals surface area contributed by atoms with Gasteiger partial charge in [-0.1, -0.05) is 11.6 Å². The average Bonchev–Trinajstić information content (AvgIpc) is 2.75. The van der Waals surface area contributed by atoms with Gasteiger partial charge in [0.15, 0.2) is 5.82 Å². The van der Waals surface area contributed by atoms with Crippen molar-refractivity contribution in [2.24, 2.45) is 7.05 Å². The van der Waals surface area contributed by atoms with Gasteiger partial charge in [0.1, 0.15) is 6.33 Å². The molecule has 2 heterocycles. The summed E-state index contributed by atoms with van der Waals surface area (Å²) < 4.78 is 1.62. The number of nitrogens with one attached hydrogen (secondary N) is 1. The quantitative estimate of drug-likeness (QED) is 0.889. The third kappa shape index (κ3) is 3.04. The molecule has 2 aromatic heterocycles. The number of amides is 1. The van der Waals surface area contributed by atoms with Gasteiger partial charge in [0.2, 0.25) is 0 Å². The fraction of sp³-hybridized carbons (Fsp3) is 0.273. The lowest BCUT2D eigenvalue weighted by atomic mass is 10.2. The first kappa shape index (κ1) is 12.5. The van der Waals surface area contributed by atoms with E-state index in [1.807, 2.05) is 0 Å². The van der Waals surface area contributed by atoms with Crippen LogP contribution in [0.5, 0.6) is 0 Å². The lowest BCUT2D eigenvalue weighted by Gasteiger charge is -2.04. The Hall–Kier alpha value is -1.95. The van der Waals surface area contributed by atoms with Gasteiger partial charge in [-0.15, -0.1) is 0 Å². The second-order valence-electron chi connectivity index (χ2n) is 3.70. The van der Waals surface area contributed by atoms with Crippen molar-refractivity contribution in [1.29, 1.82) is 0 Å². The Morgan fingerprint density at radius 3 is 3.06 bits per heavy atom. The molecular formula is C11H12ClN5O. The lowest BCUT2D eigenvalue weighted by Crippen LogP contribution is -2.26. The molecule has 0 aliphatic heterocycles. The standard InChI is InChI=1S/C11H12ClN5O/c1-17-7-15-10(16-17)3-5-14-11(18)8-2-4-13-6-9(8)12/h2,4,6-7H,3,5H2,1H3,(H,14,18). The number of rotatable bonds is 4. The molecule has 7 heteroatoms. The Labute approximate surface area is 109 Å². The number of pyridine rings is 1. The fourth-order valence-electron chi connectivity index (χ4n) is 1.44. The molecule has 94 valence electrons. The molecule has 0 unspecified atom stereocenters. The summed E-state index contributed by atoms with van der Waals surface area (Å²) in [5.41, 5.74) is 0.417. The Morgan fingerprint density at radius 1 is 1.56 bits per heavy atom. The Balaban J connectivity index is 1.87. The maximum atomic E-state index is 11.8. The number of aromatic nitrogens is 4. The molecule has 0 aromatic carbocycles. The van der Waals surface area contributed by atoms with Gasteiger partial charge in [-0.2, -0.15) is 5.10 Å². The van der Waals surface area contributed by atoms with Crippen molar-refractivity contribution < 1.29 is 4.79 Å². The number of carbonyl (C=O) groups excluding carboxylic acids is 1. The first-order chi connectivity index (χ1) is 8.66.